The first kappa shape index (κ1) is 15.9. The van der Waals surface area contributed by atoms with Gasteiger partial charge in [0.2, 0.25) is 0 Å². The lowest BCUT2D eigenvalue weighted by atomic mass is 10.0. The molecule has 0 saturated carbocycles. The molecule has 0 spiro atoms. The molecule has 25 heavy (non-hydrogen) atoms. The molecule has 0 N–H and O–H groups in total. The molecule has 0 fully saturated rings. The summed E-state index contributed by atoms with van der Waals surface area (Å²) in [7, 11) is 1.38. The minimum absolute atomic E-state index is 0.127. The van der Waals surface area contributed by atoms with Crippen molar-refractivity contribution < 1.29 is 14.3 Å². The maximum absolute atomic E-state index is 13.2. The number of hydrogen-bond acceptors (Lipinski definition) is 4. The SMILES string of the molecule is COC(=O)[C@@H]1CN(C(=O)c2nc(C)n3c2CCCC3)c2ccccc21. The Balaban J connectivity index is 1.73. The number of aromatic nitrogens is 2. The second kappa shape index (κ2) is 6.02. The third-order valence-electron chi connectivity index (χ3n) is 5.21. The van der Waals surface area contributed by atoms with Crippen LogP contribution in [-0.2, 0) is 22.5 Å². The van der Waals surface area contributed by atoms with Gasteiger partial charge < -0.3 is 14.2 Å². The molecule has 2 aliphatic rings. The van der Waals surface area contributed by atoms with E-state index in [0.717, 1.165) is 48.6 Å². The number of amides is 1. The number of carbonyl (C=O) groups is 2. The second-order valence-corrected chi connectivity index (χ2v) is 6.61. The summed E-state index contributed by atoms with van der Waals surface area (Å²) in [5.74, 6) is 0.00291. The molecule has 2 aromatic rings. The highest BCUT2D eigenvalue weighted by atomic mass is 16.5. The second-order valence-electron chi connectivity index (χ2n) is 6.61. The number of rotatable bonds is 2. The Morgan fingerprint density at radius 2 is 2.04 bits per heavy atom. The quantitative estimate of drug-likeness (QED) is 0.789. The highest BCUT2D eigenvalue weighted by Crippen LogP contribution is 2.38. The molecular weight excluding hydrogens is 318 g/mol. The van der Waals surface area contributed by atoms with E-state index in [9.17, 15) is 9.59 Å². The third-order valence-corrected chi connectivity index (χ3v) is 5.21. The molecule has 1 amide bonds. The Bertz CT molecular complexity index is 856. The molecule has 6 heteroatoms. The molecular formula is C19H21N3O3. The number of imidazole rings is 1. The molecule has 6 nitrogen and oxygen atoms in total. The Kier molecular flexibility index (Phi) is 3.82. The van der Waals surface area contributed by atoms with E-state index in [1.165, 1.54) is 7.11 Å². The standard InChI is InChI=1S/C19H21N3O3/c1-12-20-17(16-9-5-6-10-21(12)16)18(23)22-11-14(19(24)25-2)13-7-3-4-8-15(13)22/h3-4,7-8,14H,5-6,9-11H2,1-2H3/t14-/m1/s1. The van der Waals surface area contributed by atoms with Crippen molar-refractivity contribution in [3.63, 3.8) is 0 Å². The molecule has 1 aromatic heterocycles. The van der Waals surface area contributed by atoms with Crippen LogP contribution in [0.2, 0.25) is 0 Å². The topological polar surface area (TPSA) is 64.4 Å². The van der Waals surface area contributed by atoms with Gasteiger partial charge in [-0.05, 0) is 37.8 Å². The summed E-state index contributed by atoms with van der Waals surface area (Å²) in [5.41, 5.74) is 3.16. The van der Waals surface area contributed by atoms with Crippen LogP contribution in [0.4, 0.5) is 5.69 Å². The first-order chi connectivity index (χ1) is 12.1. The van der Waals surface area contributed by atoms with E-state index in [4.69, 9.17) is 4.74 Å². The average molecular weight is 339 g/mol. The first-order valence-electron chi connectivity index (χ1n) is 8.66. The van der Waals surface area contributed by atoms with Crippen molar-refractivity contribution in [2.45, 2.75) is 38.6 Å². The van der Waals surface area contributed by atoms with E-state index in [0.29, 0.717) is 12.2 Å². The van der Waals surface area contributed by atoms with Crippen molar-refractivity contribution >= 4 is 17.6 Å². The fourth-order valence-corrected chi connectivity index (χ4v) is 3.96. The molecule has 1 atom stereocenters. The Labute approximate surface area is 146 Å². The summed E-state index contributed by atoms with van der Waals surface area (Å²) in [6.07, 6.45) is 3.07. The molecule has 0 radical (unpaired) electrons. The Hall–Kier alpha value is -2.63. The number of ether oxygens (including phenoxy) is 1. The van der Waals surface area contributed by atoms with Gasteiger partial charge in [-0.2, -0.15) is 0 Å². The number of carbonyl (C=O) groups excluding carboxylic acids is 2. The molecule has 0 aliphatic carbocycles. The molecule has 3 heterocycles. The van der Waals surface area contributed by atoms with E-state index in [-0.39, 0.29) is 11.9 Å². The van der Waals surface area contributed by atoms with E-state index < -0.39 is 5.92 Å². The number of aryl methyl sites for hydroxylation is 1. The maximum atomic E-state index is 13.2. The number of nitrogens with zero attached hydrogens (tertiary/aromatic N) is 3. The zero-order valence-electron chi connectivity index (χ0n) is 14.5. The van der Waals surface area contributed by atoms with E-state index in [1.54, 1.807) is 4.90 Å². The van der Waals surface area contributed by atoms with Gasteiger partial charge in [0.25, 0.3) is 5.91 Å². The van der Waals surface area contributed by atoms with Crippen molar-refractivity contribution in [3.8, 4) is 0 Å². The van der Waals surface area contributed by atoms with Gasteiger partial charge in [-0.1, -0.05) is 18.2 Å². The molecule has 0 bridgehead atoms. The summed E-state index contributed by atoms with van der Waals surface area (Å²) in [6.45, 7) is 3.17. The van der Waals surface area contributed by atoms with Crippen LogP contribution in [0.3, 0.4) is 0 Å². The van der Waals surface area contributed by atoms with Crippen LogP contribution in [0.5, 0.6) is 0 Å². The number of para-hydroxylation sites is 1. The predicted molar refractivity (Wildman–Crippen MR) is 92.8 cm³/mol. The molecule has 4 rings (SSSR count). The average Bonchev–Trinajstić information content (AvgIpc) is 3.20. The van der Waals surface area contributed by atoms with Crippen molar-refractivity contribution in [2.75, 3.05) is 18.6 Å². The Morgan fingerprint density at radius 1 is 1.24 bits per heavy atom. The smallest absolute Gasteiger partial charge is 0.315 e. The number of hydrogen-bond donors (Lipinski definition) is 0. The fourth-order valence-electron chi connectivity index (χ4n) is 3.96. The zero-order chi connectivity index (χ0) is 17.6. The van der Waals surface area contributed by atoms with E-state index in [2.05, 4.69) is 9.55 Å². The molecule has 130 valence electrons. The van der Waals surface area contributed by atoms with Gasteiger partial charge in [-0.25, -0.2) is 4.98 Å². The van der Waals surface area contributed by atoms with Gasteiger partial charge in [0.15, 0.2) is 0 Å². The summed E-state index contributed by atoms with van der Waals surface area (Å²) in [4.78, 5) is 31.6. The fraction of sp³-hybridized carbons (Fsp3) is 0.421. The van der Waals surface area contributed by atoms with Crippen LogP contribution in [0.15, 0.2) is 24.3 Å². The van der Waals surface area contributed by atoms with Crippen molar-refractivity contribution in [3.05, 3.63) is 47.0 Å². The lowest BCUT2D eigenvalue weighted by molar-refractivity contribution is -0.141. The van der Waals surface area contributed by atoms with Gasteiger partial charge in [0.1, 0.15) is 17.4 Å². The normalized spacial score (nSPS) is 18.6. The van der Waals surface area contributed by atoms with E-state index in [1.807, 2.05) is 31.2 Å². The van der Waals surface area contributed by atoms with Gasteiger partial charge in [0, 0.05) is 18.8 Å². The molecule has 2 aliphatic heterocycles. The van der Waals surface area contributed by atoms with Gasteiger partial charge >= 0.3 is 5.97 Å². The third kappa shape index (κ3) is 2.44. The zero-order valence-corrected chi connectivity index (χ0v) is 14.5. The number of anilines is 1. The minimum atomic E-state index is -0.440. The Morgan fingerprint density at radius 3 is 2.84 bits per heavy atom. The maximum Gasteiger partial charge on any atom is 0.315 e. The predicted octanol–water partition coefficient (Wildman–Crippen LogP) is 2.44. The van der Waals surface area contributed by atoms with Gasteiger partial charge in [0.05, 0.1) is 12.8 Å². The molecule has 0 saturated heterocycles. The first-order valence-corrected chi connectivity index (χ1v) is 8.66. The van der Waals surface area contributed by atoms with Crippen LogP contribution in [0.1, 0.15) is 46.3 Å². The van der Waals surface area contributed by atoms with Crippen LogP contribution < -0.4 is 4.90 Å². The van der Waals surface area contributed by atoms with Gasteiger partial charge in [-0.3, -0.25) is 9.59 Å². The van der Waals surface area contributed by atoms with Crippen LogP contribution in [0, 0.1) is 6.92 Å². The lowest BCUT2D eigenvalue weighted by Gasteiger charge is -2.19. The molecule has 0 unspecified atom stereocenters. The lowest BCUT2D eigenvalue weighted by Crippen LogP contribution is -2.32. The number of benzene rings is 1. The van der Waals surface area contributed by atoms with E-state index >= 15 is 0 Å². The van der Waals surface area contributed by atoms with Crippen molar-refractivity contribution in [1.82, 2.24) is 9.55 Å². The number of fused-ring (bicyclic) bond motifs is 2. The van der Waals surface area contributed by atoms with Crippen LogP contribution >= 0.6 is 0 Å². The molecule has 1 aromatic carbocycles. The summed E-state index contributed by atoms with van der Waals surface area (Å²) in [6, 6.07) is 7.53. The van der Waals surface area contributed by atoms with Crippen molar-refractivity contribution in [1.29, 1.82) is 0 Å². The number of methoxy groups -OCH3 is 1. The monoisotopic (exact) mass is 339 g/mol. The number of esters is 1. The van der Waals surface area contributed by atoms with Crippen LogP contribution in [0.25, 0.3) is 0 Å². The summed E-state index contributed by atoms with van der Waals surface area (Å²) in [5, 5.41) is 0. The highest BCUT2D eigenvalue weighted by molar-refractivity contribution is 6.08. The summed E-state index contributed by atoms with van der Waals surface area (Å²) >= 11 is 0. The van der Waals surface area contributed by atoms with Crippen LogP contribution in [-0.4, -0.2) is 35.1 Å². The largest absolute Gasteiger partial charge is 0.468 e. The summed E-state index contributed by atoms with van der Waals surface area (Å²) < 4.78 is 7.07. The van der Waals surface area contributed by atoms with Gasteiger partial charge in [-0.15, -0.1) is 0 Å². The minimum Gasteiger partial charge on any atom is -0.468 e. The highest BCUT2D eigenvalue weighted by Gasteiger charge is 2.39. The van der Waals surface area contributed by atoms with Crippen molar-refractivity contribution in [2.24, 2.45) is 0 Å².